The van der Waals surface area contributed by atoms with Gasteiger partial charge < -0.3 is 9.47 Å². The van der Waals surface area contributed by atoms with Crippen molar-refractivity contribution in [1.29, 1.82) is 0 Å². The van der Waals surface area contributed by atoms with E-state index >= 15 is 0 Å². The van der Waals surface area contributed by atoms with Gasteiger partial charge in [0, 0.05) is 33.4 Å². The molecule has 1 aromatic rings. The maximum absolute atomic E-state index is 12.5. The van der Waals surface area contributed by atoms with Crippen molar-refractivity contribution in [2.45, 2.75) is 37.7 Å². The lowest BCUT2D eigenvalue weighted by Gasteiger charge is -2.32. The molecule has 1 aromatic heterocycles. The number of nitrogens with zero attached hydrogens (tertiary/aromatic N) is 3. The second-order valence-electron chi connectivity index (χ2n) is 6.08. The first kappa shape index (κ1) is 16.8. The fourth-order valence-electron chi connectivity index (χ4n) is 3.17. The van der Waals surface area contributed by atoms with Crippen molar-refractivity contribution in [2.75, 3.05) is 27.2 Å². The highest BCUT2D eigenvalue weighted by Crippen LogP contribution is 2.33. The van der Waals surface area contributed by atoms with Crippen LogP contribution < -0.4 is 0 Å². The Morgan fingerprint density at radius 3 is 2.96 bits per heavy atom. The van der Waals surface area contributed by atoms with E-state index in [9.17, 15) is 8.42 Å². The quantitative estimate of drug-likeness (QED) is 0.786. The fraction of sp³-hybridized carbons (Fsp3) is 0.667. The van der Waals surface area contributed by atoms with Crippen molar-refractivity contribution in [3.8, 4) is 0 Å². The van der Waals surface area contributed by atoms with Gasteiger partial charge in [-0.15, -0.1) is 0 Å². The second kappa shape index (κ2) is 6.82. The summed E-state index contributed by atoms with van der Waals surface area (Å²) in [7, 11) is -0.368. The van der Waals surface area contributed by atoms with Crippen LogP contribution in [0, 0.1) is 0 Å². The molecule has 3 atom stereocenters. The second-order valence-corrected chi connectivity index (χ2v) is 8.17. The largest absolute Gasteiger partial charge is 0.374 e. The molecule has 0 unspecified atom stereocenters. The van der Waals surface area contributed by atoms with Gasteiger partial charge in [0.1, 0.15) is 6.10 Å². The van der Waals surface area contributed by atoms with Crippen molar-refractivity contribution in [1.82, 2.24) is 13.6 Å². The van der Waals surface area contributed by atoms with E-state index in [1.165, 1.54) is 8.61 Å². The number of hydrogen-bond acceptors (Lipinski definition) is 5. The minimum atomic E-state index is -3.47. The number of hydrogen-bond donors (Lipinski definition) is 0. The van der Waals surface area contributed by atoms with E-state index < -0.39 is 10.2 Å². The molecule has 23 heavy (non-hydrogen) atoms. The van der Waals surface area contributed by atoms with Crippen LogP contribution in [-0.4, -0.2) is 67.5 Å². The van der Waals surface area contributed by atoms with Gasteiger partial charge in [-0.3, -0.25) is 4.98 Å². The first-order valence-electron chi connectivity index (χ1n) is 7.82. The lowest BCUT2D eigenvalue weighted by Crippen LogP contribution is -2.47. The Bertz CT molecular complexity index is 623. The predicted octanol–water partition coefficient (Wildman–Crippen LogP) is 0.636. The SMILES string of the molecule is CN(C)S(=O)(=O)N1C[C@H](OCc2ccccn2)[C@@H]2OCCC[C@@H]21. The number of rotatable bonds is 5. The Labute approximate surface area is 137 Å². The average molecular weight is 341 g/mol. The minimum absolute atomic E-state index is 0.148. The minimum Gasteiger partial charge on any atom is -0.374 e. The Hall–Kier alpha value is -1.06. The molecule has 7 nitrogen and oxygen atoms in total. The van der Waals surface area contributed by atoms with Crippen molar-refractivity contribution < 1.29 is 17.9 Å². The molecular weight excluding hydrogens is 318 g/mol. The van der Waals surface area contributed by atoms with Gasteiger partial charge in [0.25, 0.3) is 10.2 Å². The number of ether oxygens (including phenoxy) is 2. The molecule has 8 heteroatoms. The normalized spacial score (nSPS) is 28.9. The maximum Gasteiger partial charge on any atom is 0.281 e. The summed E-state index contributed by atoms with van der Waals surface area (Å²) in [5.41, 5.74) is 0.828. The number of fused-ring (bicyclic) bond motifs is 1. The van der Waals surface area contributed by atoms with E-state index in [1.54, 1.807) is 20.3 Å². The molecule has 0 spiro atoms. The highest BCUT2D eigenvalue weighted by atomic mass is 32.2. The number of aromatic nitrogens is 1. The third-order valence-electron chi connectivity index (χ3n) is 4.36. The molecule has 0 N–H and O–H groups in total. The van der Waals surface area contributed by atoms with Crippen molar-refractivity contribution >= 4 is 10.2 Å². The fourth-order valence-corrected chi connectivity index (χ4v) is 4.49. The monoisotopic (exact) mass is 341 g/mol. The predicted molar refractivity (Wildman–Crippen MR) is 84.9 cm³/mol. The molecule has 0 aliphatic carbocycles. The summed E-state index contributed by atoms with van der Waals surface area (Å²) in [5.74, 6) is 0. The van der Waals surface area contributed by atoms with E-state index in [0.29, 0.717) is 19.8 Å². The van der Waals surface area contributed by atoms with Crippen LogP contribution in [0.4, 0.5) is 0 Å². The summed E-state index contributed by atoms with van der Waals surface area (Å²) in [6, 6.07) is 5.50. The zero-order valence-corrected chi connectivity index (χ0v) is 14.3. The molecule has 2 fully saturated rings. The molecule has 2 aliphatic rings. The van der Waals surface area contributed by atoms with Crippen LogP contribution in [-0.2, 0) is 26.3 Å². The summed E-state index contributed by atoms with van der Waals surface area (Å²) >= 11 is 0. The smallest absolute Gasteiger partial charge is 0.281 e. The van der Waals surface area contributed by atoms with Crippen LogP contribution in [0.3, 0.4) is 0 Å². The summed E-state index contributed by atoms with van der Waals surface area (Å²) in [5, 5.41) is 0. The molecule has 0 amide bonds. The van der Waals surface area contributed by atoms with Crippen LogP contribution in [0.5, 0.6) is 0 Å². The van der Waals surface area contributed by atoms with Gasteiger partial charge in [0.05, 0.1) is 24.4 Å². The Kier molecular flexibility index (Phi) is 4.98. The Morgan fingerprint density at radius 1 is 1.43 bits per heavy atom. The molecule has 2 aliphatic heterocycles. The lowest BCUT2D eigenvalue weighted by atomic mass is 10.0. The highest BCUT2D eigenvalue weighted by Gasteiger charge is 2.49. The molecule has 0 aromatic carbocycles. The maximum atomic E-state index is 12.5. The van der Waals surface area contributed by atoms with E-state index in [0.717, 1.165) is 18.5 Å². The van der Waals surface area contributed by atoms with E-state index in [2.05, 4.69) is 4.98 Å². The van der Waals surface area contributed by atoms with Crippen LogP contribution in [0.2, 0.25) is 0 Å². The van der Waals surface area contributed by atoms with Gasteiger partial charge in [0.15, 0.2) is 0 Å². The molecule has 2 saturated heterocycles. The van der Waals surface area contributed by atoms with Crippen LogP contribution in [0.1, 0.15) is 18.5 Å². The molecule has 0 radical (unpaired) electrons. The number of pyridine rings is 1. The third kappa shape index (κ3) is 3.41. The molecular formula is C15H23N3O4S. The van der Waals surface area contributed by atoms with E-state index in [-0.39, 0.29) is 18.2 Å². The van der Waals surface area contributed by atoms with Crippen LogP contribution in [0.15, 0.2) is 24.4 Å². The van der Waals surface area contributed by atoms with E-state index in [4.69, 9.17) is 9.47 Å². The molecule has 3 rings (SSSR count). The standard InChI is InChI=1S/C15H23N3O4S/c1-17(2)23(19,20)18-10-14(15-13(18)7-5-9-21-15)22-11-12-6-3-4-8-16-12/h3-4,6,8,13-15H,5,7,9-11H2,1-2H3/t13-,14-,15+/m0/s1. The molecule has 0 saturated carbocycles. The van der Waals surface area contributed by atoms with Gasteiger partial charge in [-0.2, -0.15) is 17.0 Å². The zero-order chi connectivity index (χ0) is 16.4. The first-order chi connectivity index (χ1) is 11.0. The van der Waals surface area contributed by atoms with Gasteiger partial charge >= 0.3 is 0 Å². The molecule has 0 bridgehead atoms. The lowest BCUT2D eigenvalue weighted by molar-refractivity contribution is -0.0807. The highest BCUT2D eigenvalue weighted by molar-refractivity contribution is 7.86. The molecule has 3 heterocycles. The van der Waals surface area contributed by atoms with Crippen molar-refractivity contribution in [3.05, 3.63) is 30.1 Å². The summed E-state index contributed by atoms with van der Waals surface area (Å²) in [4.78, 5) is 4.23. The Morgan fingerprint density at radius 2 is 2.26 bits per heavy atom. The van der Waals surface area contributed by atoms with Crippen LogP contribution >= 0.6 is 0 Å². The summed E-state index contributed by atoms with van der Waals surface area (Å²) in [6.07, 6.45) is 2.92. The topological polar surface area (TPSA) is 72.0 Å². The molecule has 128 valence electrons. The van der Waals surface area contributed by atoms with Gasteiger partial charge in [-0.25, -0.2) is 0 Å². The Balaban J connectivity index is 1.74. The summed E-state index contributed by atoms with van der Waals surface area (Å²) < 4.78 is 39.6. The van der Waals surface area contributed by atoms with Crippen molar-refractivity contribution in [2.24, 2.45) is 0 Å². The summed E-state index contributed by atoms with van der Waals surface area (Å²) in [6.45, 7) is 1.33. The van der Waals surface area contributed by atoms with Gasteiger partial charge in [-0.1, -0.05) is 6.07 Å². The van der Waals surface area contributed by atoms with E-state index in [1.807, 2.05) is 18.2 Å². The van der Waals surface area contributed by atoms with Gasteiger partial charge in [0.2, 0.25) is 0 Å². The van der Waals surface area contributed by atoms with Gasteiger partial charge in [-0.05, 0) is 25.0 Å². The zero-order valence-electron chi connectivity index (χ0n) is 13.5. The van der Waals surface area contributed by atoms with Crippen molar-refractivity contribution in [3.63, 3.8) is 0 Å². The first-order valence-corrected chi connectivity index (χ1v) is 9.22. The van der Waals surface area contributed by atoms with Crippen LogP contribution in [0.25, 0.3) is 0 Å². The third-order valence-corrected chi connectivity index (χ3v) is 6.29. The average Bonchev–Trinajstić information content (AvgIpc) is 2.93.